The van der Waals surface area contributed by atoms with Crippen LogP contribution in [0.3, 0.4) is 0 Å². The molecule has 0 saturated carbocycles. The van der Waals surface area contributed by atoms with Crippen LogP contribution in [0, 0.1) is 0 Å². The summed E-state index contributed by atoms with van der Waals surface area (Å²) in [7, 11) is 0. The maximum absolute atomic E-state index is 11.4. The molecule has 1 aliphatic rings. The highest BCUT2D eigenvalue weighted by atomic mass is 32.2. The minimum absolute atomic E-state index is 0.225. The zero-order chi connectivity index (χ0) is 7.61. The van der Waals surface area contributed by atoms with Crippen molar-refractivity contribution in [1.82, 2.24) is 5.32 Å². The molecule has 0 amide bonds. The lowest BCUT2D eigenvalue weighted by atomic mass is 10.9. The van der Waals surface area contributed by atoms with Crippen LogP contribution in [0.1, 0.15) is 0 Å². The van der Waals surface area contributed by atoms with E-state index in [0.717, 1.165) is 0 Å². The van der Waals surface area contributed by atoms with Crippen molar-refractivity contribution in [2.75, 3.05) is 5.88 Å². The molecule has 6 heteroatoms. The van der Waals surface area contributed by atoms with Crippen molar-refractivity contribution in [3.8, 4) is 0 Å². The molecule has 0 fully saturated rings. The fourth-order valence-corrected chi connectivity index (χ4v) is 1.05. The summed E-state index contributed by atoms with van der Waals surface area (Å²) in [5, 5.41) is 3.68. The molecular formula is C4H4F3NOS. The summed E-state index contributed by atoms with van der Waals surface area (Å²) in [4.78, 5) is 0. The first-order chi connectivity index (χ1) is 4.58. The smallest absolute Gasteiger partial charge is 0.390 e. The number of thioether (sulfide) groups is 1. The van der Waals surface area contributed by atoms with Crippen molar-refractivity contribution >= 4 is 11.8 Å². The van der Waals surface area contributed by atoms with E-state index in [1.165, 1.54) is 17.2 Å². The van der Waals surface area contributed by atoms with Gasteiger partial charge in [-0.3, -0.25) is 0 Å². The number of hydrogen-bond donors (Lipinski definition) is 1. The Morgan fingerprint density at radius 1 is 1.60 bits per heavy atom. The van der Waals surface area contributed by atoms with Gasteiger partial charge in [0.25, 0.3) is 0 Å². The maximum atomic E-state index is 11.4. The standard InChI is InChI=1S/C4H4F3NOS/c5-4(6,7)9-3-1-10-2-8-3/h1,8H,2H2. The third-order valence-electron chi connectivity index (χ3n) is 0.746. The number of nitrogens with one attached hydrogen (secondary N) is 1. The molecule has 0 saturated heterocycles. The second-order valence-corrected chi connectivity index (χ2v) is 2.38. The third-order valence-corrected chi connectivity index (χ3v) is 1.44. The molecule has 0 bridgehead atoms. The summed E-state index contributed by atoms with van der Waals surface area (Å²) in [6.07, 6.45) is -4.58. The Hall–Kier alpha value is -0.520. The van der Waals surface area contributed by atoms with Crippen LogP contribution in [-0.2, 0) is 4.74 Å². The van der Waals surface area contributed by atoms with E-state index >= 15 is 0 Å². The summed E-state index contributed by atoms with van der Waals surface area (Å²) in [5.74, 6) is 0.211. The third kappa shape index (κ3) is 2.38. The van der Waals surface area contributed by atoms with Gasteiger partial charge >= 0.3 is 6.36 Å². The fourth-order valence-electron chi connectivity index (χ4n) is 0.457. The van der Waals surface area contributed by atoms with E-state index in [0.29, 0.717) is 5.88 Å². The number of ether oxygens (including phenoxy) is 1. The number of alkyl halides is 3. The van der Waals surface area contributed by atoms with Gasteiger partial charge in [0.05, 0.1) is 5.88 Å². The molecular weight excluding hydrogens is 167 g/mol. The zero-order valence-corrected chi connectivity index (χ0v) is 5.55. The molecule has 0 atom stereocenters. The van der Waals surface area contributed by atoms with Crippen LogP contribution in [0.5, 0.6) is 0 Å². The second-order valence-electron chi connectivity index (χ2n) is 1.52. The van der Waals surface area contributed by atoms with E-state index in [1.807, 2.05) is 0 Å². The Kier molecular flexibility index (Phi) is 1.98. The largest absolute Gasteiger partial charge is 0.574 e. The van der Waals surface area contributed by atoms with Crippen LogP contribution in [0.15, 0.2) is 11.3 Å². The quantitative estimate of drug-likeness (QED) is 0.647. The number of halogens is 3. The highest BCUT2D eigenvalue weighted by Gasteiger charge is 2.32. The molecule has 0 aromatic rings. The highest BCUT2D eigenvalue weighted by Crippen LogP contribution is 2.23. The van der Waals surface area contributed by atoms with Gasteiger partial charge in [0, 0.05) is 5.41 Å². The Balaban J connectivity index is 2.38. The lowest BCUT2D eigenvalue weighted by molar-refractivity contribution is -0.307. The number of rotatable bonds is 1. The molecule has 1 aliphatic heterocycles. The summed E-state index contributed by atoms with van der Waals surface area (Å²) >= 11 is 1.22. The first-order valence-electron chi connectivity index (χ1n) is 2.39. The first kappa shape index (κ1) is 7.59. The topological polar surface area (TPSA) is 21.3 Å². The monoisotopic (exact) mass is 171 g/mol. The molecule has 0 unspecified atom stereocenters. The lowest BCUT2D eigenvalue weighted by Gasteiger charge is -2.08. The molecule has 0 spiro atoms. The van der Waals surface area contributed by atoms with Crippen molar-refractivity contribution in [3.05, 3.63) is 11.3 Å². The van der Waals surface area contributed by atoms with E-state index < -0.39 is 6.36 Å². The average Bonchev–Trinajstić information content (AvgIpc) is 2.12. The van der Waals surface area contributed by atoms with Gasteiger partial charge in [0.1, 0.15) is 0 Å². The summed E-state index contributed by atoms with van der Waals surface area (Å²) < 4.78 is 37.7. The minimum Gasteiger partial charge on any atom is -0.390 e. The van der Waals surface area contributed by atoms with Gasteiger partial charge in [-0.2, -0.15) is 0 Å². The minimum atomic E-state index is -4.58. The van der Waals surface area contributed by atoms with Crippen molar-refractivity contribution in [3.63, 3.8) is 0 Å². The highest BCUT2D eigenvalue weighted by molar-refractivity contribution is 8.02. The Morgan fingerprint density at radius 2 is 2.30 bits per heavy atom. The van der Waals surface area contributed by atoms with E-state index in [1.54, 1.807) is 0 Å². The summed E-state index contributed by atoms with van der Waals surface area (Å²) in [6, 6.07) is 0. The van der Waals surface area contributed by atoms with Crippen LogP contribution in [-0.4, -0.2) is 12.2 Å². The molecule has 1 rings (SSSR count). The number of hydrogen-bond acceptors (Lipinski definition) is 3. The maximum Gasteiger partial charge on any atom is 0.574 e. The summed E-state index contributed by atoms with van der Waals surface area (Å²) in [5.41, 5.74) is 0. The molecule has 0 aromatic carbocycles. The normalized spacial score (nSPS) is 18.1. The van der Waals surface area contributed by atoms with Gasteiger partial charge in [-0.15, -0.1) is 24.9 Å². The van der Waals surface area contributed by atoms with Crippen LogP contribution < -0.4 is 5.32 Å². The van der Waals surface area contributed by atoms with Crippen LogP contribution in [0.4, 0.5) is 13.2 Å². The van der Waals surface area contributed by atoms with Gasteiger partial charge in [0.15, 0.2) is 0 Å². The molecule has 1 heterocycles. The van der Waals surface area contributed by atoms with Gasteiger partial charge in [-0.05, 0) is 0 Å². The molecule has 2 nitrogen and oxygen atoms in total. The SMILES string of the molecule is FC(F)(F)OC1=CSCN1. The predicted molar refractivity (Wildman–Crippen MR) is 30.8 cm³/mol. The Bertz CT molecular complexity index is 155. The molecule has 0 radical (unpaired) electrons. The molecule has 1 N–H and O–H groups in total. The van der Waals surface area contributed by atoms with E-state index in [2.05, 4.69) is 10.1 Å². The molecule has 58 valence electrons. The van der Waals surface area contributed by atoms with Gasteiger partial charge in [-0.25, -0.2) is 0 Å². The van der Waals surface area contributed by atoms with E-state index in [9.17, 15) is 13.2 Å². The second kappa shape index (κ2) is 2.61. The van der Waals surface area contributed by atoms with Crippen LogP contribution in [0.2, 0.25) is 0 Å². The zero-order valence-electron chi connectivity index (χ0n) is 4.73. The Labute approximate surface area is 59.4 Å². The first-order valence-corrected chi connectivity index (χ1v) is 3.44. The van der Waals surface area contributed by atoms with E-state index in [-0.39, 0.29) is 5.88 Å². The average molecular weight is 171 g/mol. The predicted octanol–water partition coefficient (Wildman–Crippen LogP) is 1.62. The summed E-state index contributed by atoms with van der Waals surface area (Å²) in [6.45, 7) is 0. The van der Waals surface area contributed by atoms with Crippen molar-refractivity contribution < 1.29 is 17.9 Å². The van der Waals surface area contributed by atoms with Crippen molar-refractivity contribution in [2.24, 2.45) is 0 Å². The fraction of sp³-hybridized carbons (Fsp3) is 0.500. The van der Waals surface area contributed by atoms with Crippen molar-refractivity contribution in [1.29, 1.82) is 0 Å². The van der Waals surface area contributed by atoms with Gasteiger partial charge in [-0.1, -0.05) is 0 Å². The molecule has 10 heavy (non-hydrogen) atoms. The molecule has 0 aliphatic carbocycles. The van der Waals surface area contributed by atoms with E-state index in [4.69, 9.17) is 0 Å². The lowest BCUT2D eigenvalue weighted by Crippen LogP contribution is -2.19. The van der Waals surface area contributed by atoms with Crippen molar-refractivity contribution in [2.45, 2.75) is 6.36 Å². The van der Waals surface area contributed by atoms with Gasteiger partial charge in [0.2, 0.25) is 5.88 Å². The van der Waals surface area contributed by atoms with Crippen LogP contribution >= 0.6 is 11.8 Å². The molecule has 0 aromatic heterocycles. The van der Waals surface area contributed by atoms with Gasteiger partial charge < -0.3 is 10.1 Å². The van der Waals surface area contributed by atoms with Crippen LogP contribution in [0.25, 0.3) is 0 Å². The Morgan fingerprint density at radius 3 is 2.70 bits per heavy atom.